The number of anilines is 2. The van der Waals surface area contributed by atoms with Crippen molar-refractivity contribution in [1.82, 2.24) is 40.0 Å². The first kappa shape index (κ1) is 29.5. The number of rotatable bonds is 9. The predicted octanol–water partition coefficient (Wildman–Crippen LogP) is 6.26. The highest BCUT2D eigenvalue weighted by molar-refractivity contribution is 5.96. The van der Waals surface area contributed by atoms with Crippen molar-refractivity contribution < 1.29 is 9.18 Å². The number of benzene rings is 1. The van der Waals surface area contributed by atoms with Crippen LogP contribution in [0.3, 0.4) is 0 Å². The van der Waals surface area contributed by atoms with Crippen molar-refractivity contribution in [3.8, 4) is 33.9 Å². The van der Waals surface area contributed by atoms with Crippen molar-refractivity contribution in [2.75, 3.05) is 37.8 Å². The van der Waals surface area contributed by atoms with Gasteiger partial charge in [0.1, 0.15) is 11.3 Å². The van der Waals surface area contributed by atoms with Gasteiger partial charge in [-0.25, -0.2) is 14.4 Å². The van der Waals surface area contributed by atoms with Gasteiger partial charge in [0.15, 0.2) is 11.5 Å². The molecule has 4 N–H and O–H groups in total. The summed E-state index contributed by atoms with van der Waals surface area (Å²) in [6.07, 6.45) is 12.0. The zero-order valence-corrected chi connectivity index (χ0v) is 25.8. The molecular weight excluding hydrogens is 583 g/mol. The van der Waals surface area contributed by atoms with E-state index < -0.39 is 0 Å². The molecule has 46 heavy (non-hydrogen) atoms. The summed E-state index contributed by atoms with van der Waals surface area (Å²) in [4.78, 5) is 36.8. The molecule has 234 valence electrons. The summed E-state index contributed by atoms with van der Waals surface area (Å²) >= 11 is 0. The molecular formula is C34H35FN10O. The molecule has 0 bridgehead atoms. The minimum absolute atomic E-state index is 0.0487. The summed E-state index contributed by atoms with van der Waals surface area (Å²) in [6, 6.07) is 10.6. The summed E-state index contributed by atoms with van der Waals surface area (Å²) < 4.78 is 14.7. The molecule has 1 fully saturated rings. The van der Waals surface area contributed by atoms with Crippen molar-refractivity contribution >= 4 is 39.3 Å². The number of H-pyrrole nitrogens is 2. The number of carbonyl (C=O) groups excluding carboxylic acids is 1. The number of carbonyl (C=O) groups is 1. The van der Waals surface area contributed by atoms with Crippen LogP contribution in [-0.2, 0) is 4.79 Å². The van der Waals surface area contributed by atoms with Crippen LogP contribution in [0.25, 0.3) is 56.0 Å². The number of amides is 1. The second-order valence-electron chi connectivity index (χ2n) is 12.1. The van der Waals surface area contributed by atoms with Crippen molar-refractivity contribution in [3.63, 3.8) is 0 Å². The lowest BCUT2D eigenvalue weighted by Gasteiger charge is -2.20. The van der Waals surface area contributed by atoms with Crippen LogP contribution in [0.1, 0.15) is 32.1 Å². The van der Waals surface area contributed by atoms with Gasteiger partial charge in [-0.15, -0.1) is 0 Å². The monoisotopic (exact) mass is 618 g/mol. The first-order valence-corrected chi connectivity index (χ1v) is 15.6. The number of imidazole rings is 1. The van der Waals surface area contributed by atoms with Crippen molar-refractivity contribution in [2.24, 2.45) is 5.92 Å². The predicted molar refractivity (Wildman–Crippen MR) is 178 cm³/mol. The molecule has 0 aliphatic heterocycles. The molecule has 12 heteroatoms. The molecule has 5 aromatic heterocycles. The number of fused-ring (bicyclic) bond motifs is 2. The third-order valence-electron chi connectivity index (χ3n) is 8.40. The Bertz CT molecular complexity index is 2030. The molecule has 1 aliphatic carbocycles. The lowest BCUT2D eigenvalue weighted by Crippen LogP contribution is -2.24. The van der Waals surface area contributed by atoms with Gasteiger partial charge in [0, 0.05) is 48.2 Å². The van der Waals surface area contributed by atoms with E-state index in [0.29, 0.717) is 62.8 Å². The highest BCUT2D eigenvalue weighted by Gasteiger charge is 2.22. The fourth-order valence-electron chi connectivity index (χ4n) is 6.01. The van der Waals surface area contributed by atoms with E-state index in [1.807, 2.05) is 38.4 Å². The number of hydrogen-bond donors (Lipinski definition) is 4. The summed E-state index contributed by atoms with van der Waals surface area (Å²) in [5.74, 6) is 0.257. The fraction of sp³-hybridized carbons (Fsp3) is 0.294. The maximum absolute atomic E-state index is 14.7. The van der Waals surface area contributed by atoms with E-state index in [1.54, 1.807) is 24.8 Å². The topological polar surface area (TPSA) is 140 Å². The molecule has 1 amide bonds. The van der Waals surface area contributed by atoms with Gasteiger partial charge in [0.05, 0.1) is 40.3 Å². The molecule has 0 atom stereocenters. The van der Waals surface area contributed by atoms with Gasteiger partial charge in [-0.05, 0) is 68.9 Å². The average Bonchev–Trinajstić information content (AvgIpc) is 3.69. The zero-order valence-electron chi connectivity index (χ0n) is 25.8. The molecule has 5 heterocycles. The third-order valence-corrected chi connectivity index (χ3v) is 8.40. The highest BCUT2D eigenvalue weighted by atomic mass is 19.1. The van der Waals surface area contributed by atoms with E-state index in [-0.39, 0.29) is 17.6 Å². The van der Waals surface area contributed by atoms with Gasteiger partial charge in [-0.2, -0.15) is 5.10 Å². The Kier molecular flexibility index (Phi) is 8.10. The summed E-state index contributed by atoms with van der Waals surface area (Å²) in [5.41, 5.74) is 7.40. The number of hydrogen-bond acceptors (Lipinski definition) is 8. The molecule has 1 saturated carbocycles. The Labute approximate surface area is 265 Å². The van der Waals surface area contributed by atoms with Gasteiger partial charge >= 0.3 is 0 Å². The SMILES string of the molecule is CN(C)CCNc1cc(F)cc(-c2cncc3[nH]c(-c4n[nH]c5ccc(-c6cncc(NC(=O)C7CCCCC7)c6)nc45)nc23)c1. The molecule has 6 aromatic rings. The number of nitrogens with zero attached hydrogens (tertiary/aromatic N) is 6. The molecule has 0 unspecified atom stereocenters. The highest BCUT2D eigenvalue weighted by Crippen LogP contribution is 2.33. The van der Waals surface area contributed by atoms with Crippen LogP contribution in [0, 0.1) is 11.7 Å². The minimum atomic E-state index is -0.347. The number of aromatic amines is 2. The number of likely N-dealkylation sites (N-methyl/N-ethyl adjacent to an activating group) is 1. The average molecular weight is 619 g/mol. The second kappa shape index (κ2) is 12.6. The standard InChI is InChI=1S/C34H35FN10O/c1-45(2)11-10-38-24-13-21(12-23(35)15-24)26-18-37-19-29-30(26)42-33(41-29)32-31-28(43-44-32)9-8-27(40-31)22-14-25(17-36-16-22)39-34(46)20-6-4-3-5-7-20/h8-9,12-20,38H,3-7,10-11H2,1-2H3,(H,39,46)(H,41,42)(H,43,44). The van der Waals surface area contributed by atoms with Crippen molar-refractivity contribution in [1.29, 1.82) is 0 Å². The lowest BCUT2D eigenvalue weighted by atomic mass is 9.88. The van der Waals surface area contributed by atoms with Crippen LogP contribution >= 0.6 is 0 Å². The zero-order chi connectivity index (χ0) is 31.6. The van der Waals surface area contributed by atoms with Crippen molar-refractivity contribution in [3.05, 3.63) is 67.0 Å². The molecule has 0 spiro atoms. The summed E-state index contributed by atoms with van der Waals surface area (Å²) in [5, 5.41) is 13.9. The van der Waals surface area contributed by atoms with Crippen LogP contribution in [0.15, 0.2) is 61.2 Å². The maximum Gasteiger partial charge on any atom is 0.227 e. The van der Waals surface area contributed by atoms with Crippen LogP contribution in [-0.4, -0.2) is 73.1 Å². The Balaban J connectivity index is 1.19. The van der Waals surface area contributed by atoms with Gasteiger partial charge in [0.2, 0.25) is 5.91 Å². The van der Waals surface area contributed by atoms with Crippen LogP contribution in [0.2, 0.25) is 0 Å². The first-order chi connectivity index (χ1) is 22.4. The third kappa shape index (κ3) is 6.16. The number of aromatic nitrogens is 7. The molecule has 1 aliphatic rings. The van der Waals surface area contributed by atoms with Crippen LogP contribution in [0.5, 0.6) is 0 Å². The van der Waals surface area contributed by atoms with E-state index in [4.69, 9.17) is 9.97 Å². The first-order valence-electron chi connectivity index (χ1n) is 15.6. The molecule has 0 saturated heterocycles. The van der Waals surface area contributed by atoms with Gasteiger partial charge in [0.25, 0.3) is 0 Å². The Morgan fingerprint density at radius 1 is 0.913 bits per heavy atom. The Morgan fingerprint density at radius 2 is 1.74 bits per heavy atom. The number of nitrogens with one attached hydrogen (secondary N) is 4. The van der Waals surface area contributed by atoms with Crippen molar-refractivity contribution in [2.45, 2.75) is 32.1 Å². The largest absolute Gasteiger partial charge is 0.384 e. The molecule has 0 radical (unpaired) electrons. The normalized spacial score (nSPS) is 13.9. The van der Waals surface area contributed by atoms with Gasteiger partial charge < -0.3 is 20.5 Å². The number of pyridine rings is 3. The summed E-state index contributed by atoms with van der Waals surface area (Å²) in [7, 11) is 3.99. The van der Waals surface area contributed by atoms with E-state index >= 15 is 0 Å². The van der Waals surface area contributed by atoms with E-state index in [2.05, 4.69) is 40.7 Å². The smallest absolute Gasteiger partial charge is 0.227 e. The molecule has 11 nitrogen and oxygen atoms in total. The van der Waals surface area contributed by atoms with E-state index in [0.717, 1.165) is 43.3 Å². The Morgan fingerprint density at radius 3 is 2.59 bits per heavy atom. The quantitative estimate of drug-likeness (QED) is 0.149. The summed E-state index contributed by atoms with van der Waals surface area (Å²) in [6.45, 7) is 1.50. The molecule has 7 rings (SSSR count). The second-order valence-corrected chi connectivity index (χ2v) is 12.1. The fourth-order valence-corrected chi connectivity index (χ4v) is 6.01. The van der Waals surface area contributed by atoms with E-state index in [9.17, 15) is 9.18 Å². The Hall–Kier alpha value is -5.23. The molecule has 1 aromatic carbocycles. The van der Waals surface area contributed by atoms with Crippen LogP contribution in [0.4, 0.5) is 15.8 Å². The maximum atomic E-state index is 14.7. The van der Waals surface area contributed by atoms with Gasteiger partial charge in [-0.1, -0.05) is 19.3 Å². The van der Waals surface area contributed by atoms with E-state index in [1.165, 1.54) is 18.6 Å². The van der Waals surface area contributed by atoms with Crippen LogP contribution < -0.4 is 10.6 Å². The number of halogens is 1. The minimum Gasteiger partial charge on any atom is -0.384 e. The van der Waals surface area contributed by atoms with Gasteiger partial charge in [-0.3, -0.25) is 19.9 Å². The lowest BCUT2D eigenvalue weighted by molar-refractivity contribution is -0.120.